The van der Waals surface area contributed by atoms with Crippen molar-refractivity contribution in [2.45, 2.75) is 19.5 Å². The van der Waals surface area contributed by atoms with Crippen LogP contribution in [0.4, 0.5) is 4.79 Å². The van der Waals surface area contributed by atoms with Gasteiger partial charge in [0.1, 0.15) is 11.5 Å². The van der Waals surface area contributed by atoms with E-state index in [9.17, 15) is 14.4 Å². The highest BCUT2D eigenvalue weighted by molar-refractivity contribution is 5.91. The lowest BCUT2D eigenvalue weighted by atomic mass is 10.1. The third-order valence-corrected chi connectivity index (χ3v) is 4.27. The Kier molecular flexibility index (Phi) is 8.04. The second-order valence-corrected chi connectivity index (χ2v) is 6.39. The van der Waals surface area contributed by atoms with Gasteiger partial charge in [0.05, 0.1) is 25.8 Å². The number of methoxy groups -OCH3 is 2. The summed E-state index contributed by atoms with van der Waals surface area (Å²) in [6, 6.07) is 10.7. The molecular weight excluding hydrogens is 390 g/mol. The Morgan fingerprint density at radius 3 is 2.33 bits per heavy atom. The summed E-state index contributed by atoms with van der Waals surface area (Å²) in [7, 11) is 3.09. The lowest BCUT2D eigenvalue weighted by Gasteiger charge is -2.18. The molecule has 160 valence electrons. The maximum Gasteiger partial charge on any atom is 0.338 e. The number of urea groups is 1. The van der Waals surface area contributed by atoms with Crippen LogP contribution in [0.1, 0.15) is 34.5 Å². The van der Waals surface area contributed by atoms with Gasteiger partial charge in [0.15, 0.2) is 6.61 Å². The molecule has 0 radical (unpaired) electrons. The maximum atomic E-state index is 12.2. The van der Waals surface area contributed by atoms with E-state index in [1.165, 1.54) is 7.11 Å². The average molecular weight is 415 g/mol. The van der Waals surface area contributed by atoms with Crippen LogP contribution in [0.3, 0.4) is 0 Å². The first-order valence-corrected chi connectivity index (χ1v) is 9.14. The zero-order valence-electron chi connectivity index (χ0n) is 17.1. The smallest absolute Gasteiger partial charge is 0.338 e. The topological polar surface area (TPSA) is 129 Å². The molecule has 0 saturated heterocycles. The molecule has 9 nitrogen and oxygen atoms in total. The number of amides is 3. The summed E-state index contributed by atoms with van der Waals surface area (Å²) in [6.07, 6.45) is 0. The molecule has 0 saturated carbocycles. The molecule has 0 aliphatic rings. The minimum absolute atomic E-state index is 0.249. The number of rotatable bonds is 9. The molecule has 1 atom stereocenters. The fraction of sp³-hybridized carbons (Fsp3) is 0.286. The maximum absolute atomic E-state index is 12.2. The van der Waals surface area contributed by atoms with Gasteiger partial charge in [-0.25, -0.2) is 9.59 Å². The summed E-state index contributed by atoms with van der Waals surface area (Å²) in [6.45, 7) is 1.61. The van der Waals surface area contributed by atoms with Gasteiger partial charge >= 0.3 is 12.0 Å². The monoisotopic (exact) mass is 415 g/mol. The van der Waals surface area contributed by atoms with E-state index in [-0.39, 0.29) is 12.1 Å². The van der Waals surface area contributed by atoms with E-state index in [1.54, 1.807) is 56.5 Å². The Balaban J connectivity index is 1.89. The summed E-state index contributed by atoms with van der Waals surface area (Å²) in [5.41, 5.74) is 6.80. The molecule has 0 heterocycles. The van der Waals surface area contributed by atoms with Crippen molar-refractivity contribution in [3.05, 3.63) is 59.2 Å². The number of nitrogens with one attached hydrogen (secondary N) is 2. The fourth-order valence-corrected chi connectivity index (χ4v) is 2.70. The van der Waals surface area contributed by atoms with Crippen molar-refractivity contribution >= 4 is 17.9 Å². The van der Waals surface area contributed by atoms with Gasteiger partial charge in [0, 0.05) is 12.1 Å². The zero-order chi connectivity index (χ0) is 22.1. The van der Waals surface area contributed by atoms with E-state index in [1.807, 2.05) is 0 Å². The first kappa shape index (κ1) is 22.5. The number of hydrogen-bond acceptors (Lipinski definition) is 6. The number of carbonyl (C=O) groups is 3. The van der Waals surface area contributed by atoms with Crippen LogP contribution in [0.25, 0.3) is 0 Å². The standard InChI is InChI=1S/C21H25N3O6/c1-13(17-10-16(28-2)8-9-18(17)29-3)24-19(25)12-30-20(26)15-6-4-14(5-7-15)11-23-21(22)27/h4-10,13H,11-12H2,1-3H3,(H,24,25)(H3,22,23,27). The van der Waals surface area contributed by atoms with Crippen molar-refractivity contribution in [3.8, 4) is 11.5 Å². The van der Waals surface area contributed by atoms with Crippen molar-refractivity contribution in [2.75, 3.05) is 20.8 Å². The number of ether oxygens (including phenoxy) is 3. The second-order valence-electron chi connectivity index (χ2n) is 6.39. The quantitative estimate of drug-likeness (QED) is 0.537. The van der Waals surface area contributed by atoms with E-state index in [4.69, 9.17) is 19.9 Å². The van der Waals surface area contributed by atoms with Crippen LogP contribution >= 0.6 is 0 Å². The van der Waals surface area contributed by atoms with Crippen molar-refractivity contribution < 1.29 is 28.6 Å². The molecule has 30 heavy (non-hydrogen) atoms. The van der Waals surface area contributed by atoms with Gasteiger partial charge in [-0.1, -0.05) is 12.1 Å². The van der Waals surface area contributed by atoms with Gasteiger partial charge in [-0.3, -0.25) is 4.79 Å². The average Bonchev–Trinajstić information content (AvgIpc) is 2.75. The number of esters is 1. The number of primary amides is 1. The first-order valence-electron chi connectivity index (χ1n) is 9.14. The molecular formula is C21H25N3O6. The first-order chi connectivity index (χ1) is 14.3. The molecule has 0 aliphatic carbocycles. The lowest BCUT2D eigenvalue weighted by molar-refractivity contribution is -0.124. The van der Waals surface area contributed by atoms with Gasteiger partial charge in [-0.2, -0.15) is 0 Å². The normalized spacial score (nSPS) is 11.2. The van der Waals surface area contributed by atoms with Gasteiger partial charge < -0.3 is 30.6 Å². The van der Waals surface area contributed by atoms with Gasteiger partial charge in [-0.15, -0.1) is 0 Å². The second kappa shape index (κ2) is 10.7. The molecule has 0 spiro atoms. The molecule has 2 rings (SSSR count). The summed E-state index contributed by atoms with van der Waals surface area (Å²) in [5.74, 6) is 0.147. The Morgan fingerprint density at radius 1 is 1.03 bits per heavy atom. The SMILES string of the molecule is COc1ccc(OC)c(C(C)NC(=O)COC(=O)c2ccc(CNC(N)=O)cc2)c1. The molecule has 0 aliphatic heterocycles. The molecule has 0 fully saturated rings. The van der Waals surface area contributed by atoms with Crippen LogP contribution in [0, 0.1) is 0 Å². The highest BCUT2D eigenvalue weighted by Gasteiger charge is 2.17. The molecule has 2 aromatic rings. The molecule has 0 bridgehead atoms. The third kappa shape index (κ3) is 6.40. The predicted molar refractivity (Wildman–Crippen MR) is 109 cm³/mol. The molecule has 9 heteroatoms. The van der Waals surface area contributed by atoms with E-state index < -0.39 is 30.6 Å². The number of carbonyl (C=O) groups excluding carboxylic acids is 3. The third-order valence-electron chi connectivity index (χ3n) is 4.27. The minimum Gasteiger partial charge on any atom is -0.497 e. The lowest BCUT2D eigenvalue weighted by Crippen LogP contribution is -2.31. The van der Waals surface area contributed by atoms with E-state index >= 15 is 0 Å². The van der Waals surface area contributed by atoms with E-state index in [0.29, 0.717) is 11.5 Å². The van der Waals surface area contributed by atoms with Crippen molar-refractivity contribution in [1.29, 1.82) is 0 Å². The highest BCUT2D eigenvalue weighted by Crippen LogP contribution is 2.29. The van der Waals surface area contributed by atoms with E-state index in [0.717, 1.165) is 11.1 Å². The molecule has 4 N–H and O–H groups in total. The van der Waals surface area contributed by atoms with Crippen LogP contribution in [0.15, 0.2) is 42.5 Å². The minimum atomic E-state index is -0.634. The number of nitrogens with two attached hydrogens (primary N) is 1. The summed E-state index contributed by atoms with van der Waals surface area (Å²) < 4.78 is 15.6. The summed E-state index contributed by atoms with van der Waals surface area (Å²) in [5, 5.41) is 5.21. The predicted octanol–water partition coefficient (Wildman–Crippen LogP) is 1.91. The van der Waals surface area contributed by atoms with Crippen LogP contribution < -0.4 is 25.8 Å². The van der Waals surface area contributed by atoms with Crippen LogP contribution in [-0.4, -0.2) is 38.7 Å². The molecule has 2 aromatic carbocycles. The summed E-state index contributed by atoms with van der Waals surface area (Å²) >= 11 is 0. The Hall–Kier alpha value is -3.75. The number of hydrogen-bond donors (Lipinski definition) is 3. The van der Waals surface area contributed by atoms with Crippen LogP contribution in [-0.2, 0) is 16.1 Å². The van der Waals surface area contributed by atoms with Crippen LogP contribution in [0.2, 0.25) is 0 Å². The van der Waals surface area contributed by atoms with Crippen molar-refractivity contribution in [3.63, 3.8) is 0 Å². The largest absolute Gasteiger partial charge is 0.497 e. The van der Waals surface area contributed by atoms with Gasteiger partial charge in [0.2, 0.25) is 0 Å². The van der Waals surface area contributed by atoms with Crippen molar-refractivity contribution in [1.82, 2.24) is 10.6 Å². The van der Waals surface area contributed by atoms with E-state index in [2.05, 4.69) is 10.6 Å². The molecule has 0 aromatic heterocycles. The molecule has 1 unspecified atom stereocenters. The van der Waals surface area contributed by atoms with Gasteiger partial charge in [0.25, 0.3) is 5.91 Å². The highest BCUT2D eigenvalue weighted by atomic mass is 16.5. The number of benzene rings is 2. The molecule has 3 amide bonds. The Morgan fingerprint density at radius 2 is 1.73 bits per heavy atom. The zero-order valence-corrected chi connectivity index (χ0v) is 17.1. The van der Waals surface area contributed by atoms with Crippen molar-refractivity contribution in [2.24, 2.45) is 5.73 Å². The summed E-state index contributed by atoms with van der Waals surface area (Å²) in [4.78, 5) is 35.1. The Labute approximate surface area is 174 Å². The fourth-order valence-electron chi connectivity index (χ4n) is 2.70. The van der Waals surface area contributed by atoms with Gasteiger partial charge in [-0.05, 0) is 42.8 Å². The Bertz CT molecular complexity index is 898. The van der Waals surface area contributed by atoms with Crippen LogP contribution in [0.5, 0.6) is 11.5 Å².